The van der Waals surface area contributed by atoms with Gasteiger partial charge in [-0.1, -0.05) is 66.5 Å². The van der Waals surface area contributed by atoms with Gasteiger partial charge in [-0.25, -0.2) is 8.42 Å². The number of hydrogen-bond donors (Lipinski definition) is 0. The van der Waals surface area contributed by atoms with E-state index in [4.69, 9.17) is 22.4 Å². The number of rotatable bonds is 9. The van der Waals surface area contributed by atoms with Gasteiger partial charge in [0.2, 0.25) is 0 Å². The Kier molecular flexibility index (Phi) is 20.2. The number of hydrogen-bond acceptors (Lipinski definition) is 5. The Morgan fingerprint density at radius 2 is 1.10 bits per heavy atom. The molecule has 2 aromatic rings. The summed E-state index contributed by atoms with van der Waals surface area (Å²) in [6.07, 6.45) is 16.0. The van der Waals surface area contributed by atoms with Gasteiger partial charge in [0.25, 0.3) is 0 Å². The van der Waals surface area contributed by atoms with Crippen molar-refractivity contribution in [2.75, 3.05) is 14.2 Å². The zero-order chi connectivity index (χ0) is 37.1. The number of alkyl halides is 3. The van der Waals surface area contributed by atoms with E-state index in [-0.39, 0.29) is 20.4 Å². The molecule has 0 aliphatic heterocycles. The van der Waals surface area contributed by atoms with Crippen LogP contribution in [-0.4, -0.2) is 44.0 Å². The van der Waals surface area contributed by atoms with E-state index in [2.05, 4.69) is 65.8 Å². The first-order chi connectivity index (χ1) is 22.9. The second kappa shape index (κ2) is 21.5. The Morgan fingerprint density at radius 3 is 1.40 bits per heavy atom. The molecule has 0 bridgehead atoms. The molecule has 0 aromatic heterocycles. The smallest absolute Gasteiger partial charge is 0.485 e. The summed E-state index contributed by atoms with van der Waals surface area (Å²) in [5.41, 5.74) is 3.23. The Morgan fingerprint density at radius 1 is 0.740 bits per heavy atom. The maximum absolute atomic E-state index is 10.7. The second-order valence-corrected chi connectivity index (χ2v) is 18.8. The molecule has 2 aromatic carbocycles. The Bertz CT molecular complexity index is 1370. The van der Waals surface area contributed by atoms with Crippen LogP contribution < -0.4 is 14.8 Å². The van der Waals surface area contributed by atoms with Gasteiger partial charge in [-0.15, -0.1) is 0 Å². The first kappa shape index (κ1) is 46.9. The molecule has 5 nitrogen and oxygen atoms in total. The molecule has 290 valence electrons. The van der Waals surface area contributed by atoms with Gasteiger partial charge >= 0.3 is 5.51 Å². The number of methoxy groups -OCH3 is 2. The van der Waals surface area contributed by atoms with Gasteiger partial charge in [0.1, 0.15) is 11.1 Å². The van der Waals surface area contributed by atoms with Crippen LogP contribution in [-0.2, 0) is 30.5 Å². The molecule has 0 N–H and O–H groups in total. The average Bonchev–Trinajstić information content (AvgIpc) is 3.04. The fraction of sp³-hybridized carbons (Fsp3) is 0.667. The molecule has 0 unspecified atom stereocenters. The van der Waals surface area contributed by atoms with E-state index in [1.54, 1.807) is 5.30 Å². The van der Waals surface area contributed by atoms with Gasteiger partial charge in [-0.3, -0.25) is 0 Å². The van der Waals surface area contributed by atoms with Crippen LogP contribution in [0.5, 0.6) is 11.5 Å². The van der Waals surface area contributed by atoms with Gasteiger partial charge in [-0.2, -0.15) is 27.0 Å². The molecule has 0 saturated heterocycles. The maximum Gasteiger partial charge on any atom is 0.485 e. The number of halogens is 3. The third kappa shape index (κ3) is 12.5. The standard InChI is InChI=1S/C35H53O2P.C3H7.CHF3O3S.Pd/c1-23(2)26-21-29(24(3)4)33(30(22-26)25(5)6)34-31(36-7)19-20-32(37-8)35(34)38(27-15-11-9-12-16-27)28-17-13-10-14-18-28;1-3-2;2-1(3,4)8(5,6)7;/h19-25,27-28H,9-18H2,1-8H3;3H,1-2H3;(H,5,6,7);/q;-1;;. The first-order valence-corrected chi connectivity index (χ1v) is 21.1. The largest absolute Gasteiger partial charge is 0.741 e. The molecule has 0 heterocycles. The third-order valence-electron chi connectivity index (χ3n) is 9.61. The Balaban J connectivity index is 0.000000906. The van der Waals surface area contributed by atoms with Gasteiger partial charge in [0.15, 0.2) is 15.9 Å². The quantitative estimate of drug-likeness (QED) is 0.0827. The van der Waals surface area contributed by atoms with Gasteiger partial charge < -0.3 is 20.4 Å². The summed E-state index contributed by atoms with van der Waals surface area (Å²) in [6.45, 7) is 18.1. The minimum absolute atomic E-state index is 0. The normalized spacial score (nSPS) is 16.0. The summed E-state index contributed by atoms with van der Waals surface area (Å²) in [4.78, 5) is 0. The fourth-order valence-corrected chi connectivity index (χ4v) is 11.8. The van der Waals surface area contributed by atoms with E-state index in [1.165, 1.54) is 92.0 Å². The molecule has 50 heavy (non-hydrogen) atoms. The third-order valence-corrected chi connectivity index (χ3v) is 14.2. The molecule has 2 fully saturated rings. The van der Waals surface area contributed by atoms with Crippen molar-refractivity contribution in [1.29, 1.82) is 0 Å². The molecular formula is C39H61F3O5PPdS-. The minimum atomic E-state index is -6.09. The Labute approximate surface area is 316 Å². The van der Waals surface area contributed by atoms with E-state index in [0.29, 0.717) is 17.8 Å². The predicted molar refractivity (Wildman–Crippen MR) is 200 cm³/mol. The summed E-state index contributed by atoms with van der Waals surface area (Å²) in [6, 6.07) is 9.42. The SMILES string of the molecule is COc1ccc(OC)c([PH+](C2CCCCC2)C2CCCCC2)c1-c1c(C(C)C)cc(C(C)C)cc1C(C)C.C[CH-]C.O=S(=O)([O-])C(F)(F)F.[Pd]. The minimum Gasteiger partial charge on any atom is -0.741 e. The summed E-state index contributed by atoms with van der Waals surface area (Å²) < 4.78 is 71.5. The molecule has 0 radical (unpaired) electrons. The van der Waals surface area contributed by atoms with E-state index >= 15 is 0 Å². The molecule has 0 atom stereocenters. The first-order valence-electron chi connectivity index (χ1n) is 18.0. The van der Waals surface area contributed by atoms with Crippen molar-refractivity contribution in [3.05, 3.63) is 47.4 Å². The van der Waals surface area contributed by atoms with Crippen molar-refractivity contribution in [2.45, 2.75) is 154 Å². The van der Waals surface area contributed by atoms with Crippen LogP contribution in [0.4, 0.5) is 13.2 Å². The predicted octanol–water partition coefficient (Wildman–Crippen LogP) is 11.5. The van der Waals surface area contributed by atoms with Crippen LogP contribution in [0.3, 0.4) is 0 Å². The molecule has 0 amide bonds. The van der Waals surface area contributed by atoms with Crippen molar-refractivity contribution >= 4 is 23.3 Å². The van der Waals surface area contributed by atoms with Crippen molar-refractivity contribution in [1.82, 2.24) is 0 Å². The van der Waals surface area contributed by atoms with E-state index in [0.717, 1.165) is 22.8 Å². The molecule has 4 rings (SSSR count). The molecular weight excluding hydrogens is 775 g/mol. The van der Waals surface area contributed by atoms with Crippen LogP contribution in [0.1, 0.15) is 154 Å². The maximum atomic E-state index is 10.7. The monoisotopic (exact) mass is 835 g/mol. The van der Waals surface area contributed by atoms with Gasteiger partial charge in [-0.05, 0) is 104 Å². The molecule has 2 aliphatic rings. The molecule has 11 heteroatoms. The second-order valence-electron chi connectivity index (χ2n) is 14.4. The van der Waals surface area contributed by atoms with Crippen LogP contribution >= 0.6 is 7.92 Å². The number of ether oxygens (including phenoxy) is 2. The fourth-order valence-electron chi connectivity index (χ4n) is 7.25. The van der Waals surface area contributed by atoms with E-state index in [9.17, 15) is 13.2 Å². The Hall–Kier alpha value is -1.17. The molecule has 2 aliphatic carbocycles. The zero-order valence-electron chi connectivity index (χ0n) is 31.7. The summed E-state index contributed by atoms with van der Waals surface area (Å²) >= 11 is 0. The van der Waals surface area contributed by atoms with E-state index < -0.39 is 23.5 Å². The van der Waals surface area contributed by atoms with E-state index in [1.807, 2.05) is 34.5 Å². The van der Waals surface area contributed by atoms with Crippen LogP contribution in [0, 0.1) is 6.42 Å². The number of benzene rings is 2. The van der Waals surface area contributed by atoms with Crippen LogP contribution in [0.15, 0.2) is 24.3 Å². The van der Waals surface area contributed by atoms with Gasteiger partial charge in [0, 0.05) is 28.3 Å². The van der Waals surface area contributed by atoms with Crippen LogP contribution in [0.25, 0.3) is 11.1 Å². The summed E-state index contributed by atoms with van der Waals surface area (Å²) in [5.74, 6) is 3.53. The van der Waals surface area contributed by atoms with Crippen molar-refractivity contribution < 1.29 is 56.0 Å². The average molecular weight is 836 g/mol. The molecule has 0 spiro atoms. The van der Waals surface area contributed by atoms with Crippen molar-refractivity contribution in [2.24, 2.45) is 0 Å². The van der Waals surface area contributed by atoms with Crippen LogP contribution in [0.2, 0.25) is 0 Å². The summed E-state index contributed by atoms with van der Waals surface area (Å²) in [5, 5.41) is 1.55. The van der Waals surface area contributed by atoms with Gasteiger partial charge in [0.05, 0.1) is 31.1 Å². The topological polar surface area (TPSA) is 75.7 Å². The zero-order valence-corrected chi connectivity index (χ0v) is 35.1. The van der Waals surface area contributed by atoms with Crippen molar-refractivity contribution in [3.8, 4) is 22.6 Å². The van der Waals surface area contributed by atoms with Crippen molar-refractivity contribution in [3.63, 3.8) is 0 Å². The molecule has 2 saturated carbocycles. The summed E-state index contributed by atoms with van der Waals surface area (Å²) in [7, 11) is -3.21.